The maximum absolute atomic E-state index is 12.5. The van der Waals surface area contributed by atoms with Gasteiger partial charge in [-0.3, -0.25) is 9.59 Å². The number of aryl methyl sites for hydroxylation is 2. The molecule has 2 aliphatic heterocycles. The van der Waals surface area contributed by atoms with Crippen molar-refractivity contribution < 1.29 is 19.5 Å². The molecule has 1 fully saturated rings. The van der Waals surface area contributed by atoms with E-state index in [2.05, 4.69) is 31.3 Å². The number of fused-ring (bicyclic) bond motifs is 1. The van der Waals surface area contributed by atoms with Crippen LogP contribution in [-0.2, 0) is 27.2 Å². The molecule has 10 heteroatoms. The number of carboxylic acid groups (broad SMARTS) is 1. The number of carboxylic acids is 1. The highest BCUT2D eigenvalue weighted by atomic mass is 32.2. The minimum atomic E-state index is -1.16. The Morgan fingerprint density at radius 3 is 2.50 bits per heavy atom. The Hall–Kier alpha value is -3.11. The summed E-state index contributed by atoms with van der Waals surface area (Å²) < 4.78 is 2.06. The number of benzene rings is 1. The third-order valence-corrected chi connectivity index (χ3v) is 7.39. The molecule has 0 saturated carbocycles. The molecule has 1 atom stereocenters. The number of pyridine rings is 1. The molecule has 4 N–H and O–H groups in total. The molecule has 1 unspecified atom stereocenters. The Labute approximate surface area is 243 Å². The van der Waals surface area contributed by atoms with Gasteiger partial charge in [0.05, 0.1) is 5.92 Å². The number of hydrogen-bond acceptors (Lipinski definition) is 7. The first kappa shape index (κ1) is 33.1. The standard InChI is InChI=1S/C26H33N5O4S.2C2H6/c32-23(11-5-4-8-20-13-12-18-7-6-14-27-24(18)29-20)28-15-22(26(34)35)30-25(33)19-16-31(17-19)36-21-9-2-1-3-10-21;2*1-2/h1-3,9-10,12-13,19,22H,4-8,11,14-17H2,(H,27,29)(H,28,32)(H,30,33)(H,34,35);2*1-2H3. The first-order valence-corrected chi connectivity index (χ1v) is 15.3. The molecule has 40 heavy (non-hydrogen) atoms. The molecule has 220 valence electrons. The normalized spacial score (nSPS) is 14.9. The lowest BCUT2D eigenvalue weighted by molar-refractivity contribution is -0.143. The topological polar surface area (TPSA) is 124 Å². The van der Waals surface area contributed by atoms with E-state index in [4.69, 9.17) is 0 Å². The number of nitrogens with zero attached hydrogens (tertiary/aromatic N) is 2. The summed E-state index contributed by atoms with van der Waals surface area (Å²) >= 11 is 1.58. The summed E-state index contributed by atoms with van der Waals surface area (Å²) in [6, 6.07) is 12.9. The molecule has 2 amide bonds. The Morgan fingerprint density at radius 1 is 1.07 bits per heavy atom. The zero-order valence-corrected chi connectivity index (χ0v) is 25.1. The molecule has 4 rings (SSSR count). The SMILES string of the molecule is CC.CC.O=C(CCCCc1ccc2c(n1)NCCC2)NCC(NC(=O)C1CN(Sc2ccccc2)C1)C(=O)O. The van der Waals surface area contributed by atoms with Crippen LogP contribution in [0.1, 0.15) is 64.6 Å². The van der Waals surface area contributed by atoms with Crippen LogP contribution >= 0.6 is 11.9 Å². The second-order valence-electron chi connectivity index (χ2n) is 9.20. The maximum Gasteiger partial charge on any atom is 0.328 e. The van der Waals surface area contributed by atoms with Crippen molar-refractivity contribution in [2.24, 2.45) is 5.92 Å². The van der Waals surface area contributed by atoms with Crippen LogP contribution in [0.4, 0.5) is 5.82 Å². The number of aliphatic carboxylic acids is 1. The molecule has 1 saturated heterocycles. The van der Waals surface area contributed by atoms with Gasteiger partial charge in [-0.1, -0.05) is 52.0 Å². The van der Waals surface area contributed by atoms with Crippen LogP contribution in [0.3, 0.4) is 0 Å². The largest absolute Gasteiger partial charge is 0.480 e. The fraction of sp³-hybridized carbons (Fsp3) is 0.533. The van der Waals surface area contributed by atoms with Gasteiger partial charge in [0.1, 0.15) is 11.9 Å². The van der Waals surface area contributed by atoms with Crippen molar-refractivity contribution in [3.63, 3.8) is 0 Å². The molecule has 0 aliphatic carbocycles. The van der Waals surface area contributed by atoms with E-state index in [9.17, 15) is 19.5 Å². The lowest BCUT2D eigenvalue weighted by Gasteiger charge is -2.37. The van der Waals surface area contributed by atoms with Gasteiger partial charge in [0.2, 0.25) is 11.8 Å². The second kappa shape index (κ2) is 18.3. The number of rotatable bonds is 12. The smallest absolute Gasteiger partial charge is 0.328 e. The minimum Gasteiger partial charge on any atom is -0.480 e. The van der Waals surface area contributed by atoms with Crippen LogP contribution in [0, 0.1) is 5.92 Å². The van der Waals surface area contributed by atoms with Crippen molar-refractivity contribution in [3.8, 4) is 0 Å². The number of hydrogen-bond donors (Lipinski definition) is 4. The predicted octanol–water partition coefficient (Wildman–Crippen LogP) is 4.53. The molecule has 1 aromatic carbocycles. The molecule has 2 aliphatic rings. The van der Waals surface area contributed by atoms with Crippen LogP contribution in [0.15, 0.2) is 47.4 Å². The van der Waals surface area contributed by atoms with E-state index in [0.717, 1.165) is 48.6 Å². The average molecular weight is 572 g/mol. The van der Waals surface area contributed by atoms with Gasteiger partial charge in [-0.2, -0.15) is 0 Å². The lowest BCUT2D eigenvalue weighted by atomic mass is 10.0. The Kier molecular flexibility index (Phi) is 15.1. The predicted molar refractivity (Wildman–Crippen MR) is 161 cm³/mol. The number of aromatic nitrogens is 1. The summed E-state index contributed by atoms with van der Waals surface area (Å²) in [7, 11) is 0. The van der Waals surface area contributed by atoms with E-state index in [-0.39, 0.29) is 24.3 Å². The van der Waals surface area contributed by atoms with Crippen molar-refractivity contribution in [1.29, 1.82) is 0 Å². The molecule has 0 spiro atoms. The first-order chi connectivity index (χ1) is 19.5. The van der Waals surface area contributed by atoms with Gasteiger partial charge in [-0.15, -0.1) is 0 Å². The first-order valence-electron chi connectivity index (χ1n) is 14.5. The number of nitrogens with one attached hydrogen (secondary N) is 3. The third kappa shape index (κ3) is 10.8. The van der Waals surface area contributed by atoms with E-state index >= 15 is 0 Å². The highest BCUT2D eigenvalue weighted by Crippen LogP contribution is 2.30. The molecular weight excluding hydrogens is 526 g/mol. The minimum absolute atomic E-state index is 0.132. The summed E-state index contributed by atoms with van der Waals surface area (Å²) in [5, 5.41) is 18.0. The van der Waals surface area contributed by atoms with Crippen molar-refractivity contribution in [1.82, 2.24) is 19.9 Å². The summed E-state index contributed by atoms with van der Waals surface area (Å²) in [6.45, 7) is 9.93. The zero-order valence-electron chi connectivity index (χ0n) is 24.2. The quantitative estimate of drug-likeness (QED) is 0.216. The third-order valence-electron chi connectivity index (χ3n) is 6.35. The summed E-state index contributed by atoms with van der Waals surface area (Å²) in [5.41, 5.74) is 2.26. The van der Waals surface area contributed by atoms with Crippen LogP contribution in [0.2, 0.25) is 0 Å². The fourth-order valence-corrected chi connectivity index (χ4v) is 5.29. The monoisotopic (exact) mass is 571 g/mol. The number of amides is 2. The Morgan fingerprint density at radius 2 is 1.80 bits per heavy atom. The molecule has 0 bridgehead atoms. The van der Waals surface area contributed by atoms with E-state index in [0.29, 0.717) is 25.9 Å². The van der Waals surface area contributed by atoms with E-state index in [1.165, 1.54) is 5.56 Å². The van der Waals surface area contributed by atoms with Crippen molar-refractivity contribution in [2.75, 3.05) is 31.5 Å². The molecule has 3 heterocycles. The van der Waals surface area contributed by atoms with E-state index in [1.807, 2.05) is 64.1 Å². The van der Waals surface area contributed by atoms with Gasteiger partial charge < -0.3 is 21.1 Å². The second-order valence-corrected chi connectivity index (χ2v) is 10.4. The van der Waals surface area contributed by atoms with E-state index in [1.54, 1.807) is 11.9 Å². The number of carbonyl (C=O) groups is 3. The number of anilines is 1. The van der Waals surface area contributed by atoms with Crippen LogP contribution in [0.5, 0.6) is 0 Å². The zero-order chi connectivity index (χ0) is 29.3. The van der Waals surface area contributed by atoms with Gasteiger partial charge >= 0.3 is 5.97 Å². The Balaban J connectivity index is 0.00000134. The molecule has 0 radical (unpaired) electrons. The average Bonchev–Trinajstić information content (AvgIpc) is 2.97. The van der Waals surface area contributed by atoms with Gasteiger partial charge in [-0.05, 0) is 67.8 Å². The molecule has 2 aromatic rings. The highest BCUT2D eigenvalue weighted by Gasteiger charge is 2.35. The van der Waals surface area contributed by atoms with Gasteiger partial charge in [0, 0.05) is 43.2 Å². The highest BCUT2D eigenvalue weighted by molar-refractivity contribution is 7.97. The molecular formula is C30H45N5O4S. The maximum atomic E-state index is 12.5. The fourth-order valence-electron chi connectivity index (χ4n) is 4.20. The summed E-state index contributed by atoms with van der Waals surface area (Å²) in [6.07, 6.45) is 4.77. The van der Waals surface area contributed by atoms with Crippen LogP contribution < -0.4 is 16.0 Å². The Bertz CT molecular complexity index is 1060. The van der Waals surface area contributed by atoms with Gasteiger partial charge in [0.15, 0.2) is 0 Å². The lowest BCUT2D eigenvalue weighted by Crippen LogP contribution is -2.56. The molecule has 1 aromatic heterocycles. The van der Waals surface area contributed by atoms with E-state index < -0.39 is 12.0 Å². The summed E-state index contributed by atoms with van der Waals surface area (Å²) in [4.78, 5) is 42.1. The number of carbonyl (C=O) groups excluding carboxylic acids is 2. The van der Waals surface area contributed by atoms with Crippen LogP contribution in [0.25, 0.3) is 0 Å². The van der Waals surface area contributed by atoms with Crippen molar-refractivity contribution in [3.05, 3.63) is 53.7 Å². The van der Waals surface area contributed by atoms with Crippen molar-refractivity contribution >= 4 is 35.5 Å². The van der Waals surface area contributed by atoms with Crippen LogP contribution in [-0.4, -0.2) is 64.4 Å². The molecule has 9 nitrogen and oxygen atoms in total. The summed E-state index contributed by atoms with van der Waals surface area (Å²) in [5.74, 6) is -0.960. The van der Waals surface area contributed by atoms with Gasteiger partial charge in [0.25, 0.3) is 0 Å². The van der Waals surface area contributed by atoms with Gasteiger partial charge in [-0.25, -0.2) is 14.1 Å². The number of unbranched alkanes of at least 4 members (excludes halogenated alkanes) is 1. The van der Waals surface area contributed by atoms with Crippen molar-refractivity contribution in [2.45, 2.75) is 77.2 Å².